The van der Waals surface area contributed by atoms with E-state index in [1.54, 1.807) is 19.1 Å². The number of likely N-dealkylation sites (tertiary alicyclic amines) is 1. The third-order valence-corrected chi connectivity index (χ3v) is 3.51. The number of hydrogen-bond acceptors (Lipinski definition) is 3. The number of phenolic OH excluding ortho intramolecular Hbond substituents is 1. The van der Waals surface area contributed by atoms with Crippen molar-refractivity contribution < 1.29 is 9.90 Å². The molecule has 1 aromatic carbocycles. The standard InChI is InChI=1S/C14H19NO2/c1-11(16)13-6-8-15(9-7-13)10-12-2-4-14(17)5-3-12/h2-5,13,17H,6-10H2,1H3. The molecule has 3 nitrogen and oxygen atoms in total. The molecule has 0 atom stereocenters. The minimum atomic E-state index is 0.270. The van der Waals surface area contributed by atoms with Gasteiger partial charge in [0.2, 0.25) is 0 Å². The molecule has 92 valence electrons. The maximum atomic E-state index is 11.3. The first-order valence-corrected chi connectivity index (χ1v) is 6.16. The molecule has 0 radical (unpaired) electrons. The minimum Gasteiger partial charge on any atom is -0.508 e. The van der Waals surface area contributed by atoms with Crippen molar-refractivity contribution in [1.29, 1.82) is 0 Å². The first-order valence-electron chi connectivity index (χ1n) is 6.16. The molecule has 1 N–H and O–H groups in total. The summed E-state index contributed by atoms with van der Waals surface area (Å²) in [6.07, 6.45) is 1.96. The van der Waals surface area contributed by atoms with Crippen LogP contribution in [-0.2, 0) is 11.3 Å². The molecule has 0 unspecified atom stereocenters. The summed E-state index contributed by atoms with van der Waals surface area (Å²) in [4.78, 5) is 13.6. The predicted molar refractivity (Wildman–Crippen MR) is 66.8 cm³/mol. The second-order valence-corrected chi connectivity index (χ2v) is 4.83. The van der Waals surface area contributed by atoms with E-state index < -0.39 is 0 Å². The number of hydrogen-bond donors (Lipinski definition) is 1. The summed E-state index contributed by atoms with van der Waals surface area (Å²) in [5.41, 5.74) is 1.21. The zero-order valence-corrected chi connectivity index (χ0v) is 10.2. The SMILES string of the molecule is CC(=O)C1CCN(Cc2ccc(O)cc2)CC1. The smallest absolute Gasteiger partial charge is 0.133 e. The Morgan fingerprint density at radius 1 is 1.29 bits per heavy atom. The van der Waals surface area contributed by atoms with Gasteiger partial charge in [-0.25, -0.2) is 0 Å². The van der Waals surface area contributed by atoms with Crippen molar-refractivity contribution in [3.63, 3.8) is 0 Å². The lowest BCUT2D eigenvalue weighted by atomic mass is 9.93. The summed E-state index contributed by atoms with van der Waals surface area (Å²) in [6, 6.07) is 7.34. The molecule has 1 aromatic rings. The number of rotatable bonds is 3. The van der Waals surface area contributed by atoms with Crippen LogP contribution in [0.2, 0.25) is 0 Å². The summed E-state index contributed by atoms with van der Waals surface area (Å²) < 4.78 is 0. The Balaban J connectivity index is 1.85. The van der Waals surface area contributed by atoms with Crippen molar-refractivity contribution in [2.24, 2.45) is 5.92 Å². The Morgan fingerprint density at radius 3 is 2.41 bits per heavy atom. The summed E-state index contributed by atoms with van der Waals surface area (Å²) in [6.45, 7) is 4.58. The number of aromatic hydroxyl groups is 1. The van der Waals surface area contributed by atoms with Crippen LogP contribution in [0, 0.1) is 5.92 Å². The normalized spacial score (nSPS) is 18.2. The van der Waals surface area contributed by atoms with Crippen molar-refractivity contribution >= 4 is 5.78 Å². The van der Waals surface area contributed by atoms with Crippen molar-refractivity contribution in [2.75, 3.05) is 13.1 Å². The van der Waals surface area contributed by atoms with Gasteiger partial charge >= 0.3 is 0 Å². The highest BCUT2D eigenvalue weighted by molar-refractivity contribution is 5.78. The van der Waals surface area contributed by atoms with Crippen LogP contribution in [0.4, 0.5) is 0 Å². The maximum Gasteiger partial charge on any atom is 0.133 e. The van der Waals surface area contributed by atoms with E-state index in [1.807, 2.05) is 12.1 Å². The van der Waals surface area contributed by atoms with Crippen molar-refractivity contribution in [3.05, 3.63) is 29.8 Å². The van der Waals surface area contributed by atoms with Crippen molar-refractivity contribution in [3.8, 4) is 5.75 Å². The van der Waals surface area contributed by atoms with Gasteiger partial charge in [-0.3, -0.25) is 9.69 Å². The van der Waals surface area contributed by atoms with E-state index in [1.165, 1.54) is 5.56 Å². The predicted octanol–water partition coefficient (Wildman–Crippen LogP) is 2.19. The zero-order chi connectivity index (χ0) is 12.3. The van der Waals surface area contributed by atoms with Gasteiger partial charge in [-0.2, -0.15) is 0 Å². The Kier molecular flexibility index (Phi) is 3.79. The first-order chi connectivity index (χ1) is 8.15. The minimum absolute atomic E-state index is 0.270. The molecule has 0 saturated carbocycles. The molecule has 3 heteroatoms. The maximum absolute atomic E-state index is 11.3. The van der Waals surface area contributed by atoms with E-state index >= 15 is 0 Å². The number of ketones is 1. The Morgan fingerprint density at radius 2 is 1.88 bits per heavy atom. The summed E-state index contributed by atoms with van der Waals surface area (Å²) in [7, 11) is 0. The fourth-order valence-electron chi connectivity index (χ4n) is 2.36. The van der Waals surface area contributed by atoms with Gasteiger partial charge in [-0.1, -0.05) is 12.1 Å². The van der Waals surface area contributed by atoms with Gasteiger partial charge in [0.05, 0.1) is 0 Å². The lowest BCUT2D eigenvalue weighted by molar-refractivity contribution is -0.122. The average Bonchev–Trinajstić information content (AvgIpc) is 2.33. The van der Waals surface area contributed by atoms with Crippen molar-refractivity contribution in [2.45, 2.75) is 26.3 Å². The van der Waals surface area contributed by atoms with Crippen LogP contribution in [-0.4, -0.2) is 28.9 Å². The zero-order valence-electron chi connectivity index (χ0n) is 10.2. The molecule has 2 rings (SSSR count). The van der Waals surface area contributed by atoms with Gasteiger partial charge in [-0.05, 0) is 50.6 Å². The van der Waals surface area contributed by atoms with E-state index in [0.717, 1.165) is 32.5 Å². The number of Topliss-reactive ketones (excluding diaryl/α,β-unsaturated/α-hetero) is 1. The molecule has 1 aliphatic rings. The third-order valence-electron chi connectivity index (χ3n) is 3.51. The van der Waals surface area contributed by atoms with Crippen molar-refractivity contribution in [1.82, 2.24) is 4.90 Å². The summed E-state index contributed by atoms with van der Waals surface area (Å²) in [5, 5.41) is 9.21. The van der Waals surface area contributed by atoms with Crippen LogP contribution in [0.3, 0.4) is 0 Å². The fraction of sp³-hybridized carbons (Fsp3) is 0.500. The van der Waals surface area contributed by atoms with Gasteiger partial charge in [0.1, 0.15) is 11.5 Å². The molecule has 0 amide bonds. The molecule has 1 heterocycles. The van der Waals surface area contributed by atoms with Gasteiger partial charge in [-0.15, -0.1) is 0 Å². The first kappa shape index (κ1) is 12.1. The van der Waals surface area contributed by atoms with Crippen LogP contribution in [0.15, 0.2) is 24.3 Å². The fourth-order valence-corrected chi connectivity index (χ4v) is 2.36. The molecule has 1 saturated heterocycles. The van der Waals surface area contributed by atoms with Crippen LogP contribution in [0.1, 0.15) is 25.3 Å². The number of carbonyl (C=O) groups excluding carboxylic acids is 1. The third kappa shape index (κ3) is 3.30. The number of carbonyl (C=O) groups is 1. The number of piperidine rings is 1. The Labute approximate surface area is 102 Å². The van der Waals surface area contributed by atoms with Gasteiger partial charge in [0.25, 0.3) is 0 Å². The van der Waals surface area contributed by atoms with E-state index in [0.29, 0.717) is 11.5 Å². The van der Waals surface area contributed by atoms with Crippen LogP contribution >= 0.6 is 0 Å². The Hall–Kier alpha value is -1.35. The summed E-state index contributed by atoms with van der Waals surface area (Å²) >= 11 is 0. The molecule has 0 aliphatic carbocycles. The summed E-state index contributed by atoms with van der Waals surface area (Å²) in [5.74, 6) is 0.907. The lowest BCUT2D eigenvalue weighted by Crippen LogP contribution is -2.35. The monoisotopic (exact) mass is 233 g/mol. The molecular weight excluding hydrogens is 214 g/mol. The second-order valence-electron chi connectivity index (χ2n) is 4.83. The highest BCUT2D eigenvalue weighted by atomic mass is 16.3. The van der Waals surface area contributed by atoms with E-state index in [9.17, 15) is 9.90 Å². The molecule has 0 spiro atoms. The van der Waals surface area contributed by atoms with Gasteiger partial charge < -0.3 is 5.11 Å². The quantitative estimate of drug-likeness (QED) is 0.870. The van der Waals surface area contributed by atoms with Crippen LogP contribution in [0.5, 0.6) is 5.75 Å². The van der Waals surface area contributed by atoms with Gasteiger partial charge in [0, 0.05) is 12.5 Å². The van der Waals surface area contributed by atoms with E-state index in [2.05, 4.69) is 4.90 Å². The highest BCUT2D eigenvalue weighted by Crippen LogP contribution is 2.20. The number of phenols is 1. The van der Waals surface area contributed by atoms with E-state index in [4.69, 9.17) is 0 Å². The topological polar surface area (TPSA) is 40.5 Å². The molecule has 0 aromatic heterocycles. The second kappa shape index (κ2) is 5.32. The molecule has 17 heavy (non-hydrogen) atoms. The molecule has 0 bridgehead atoms. The van der Waals surface area contributed by atoms with Gasteiger partial charge in [0.15, 0.2) is 0 Å². The molecule has 1 aliphatic heterocycles. The highest BCUT2D eigenvalue weighted by Gasteiger charge is 2.21. The lowest BCUT2D eigenvalue weighted by Gasteiger charge is -2.30. The molecular formula is C14H19NO2. The number of nitrogens with zero attached hydrogens (tertiary/aromatic N) is 1. The largest absolute Gasteiger partial charge is 0.508 e. The number of benzene rings is 1. The average molecular weight is 233 g/mol. The van der Waals surface area contributed by atoms with Crippen LogP contribution in [0.25, 0.3) is 0 Å². The molecule has 1 fully saturated rings. The van der Waals surface area contributed by atoms with Crippen LogP contribution < -0.4 is 0 Å². The Bertz CT molecular complexity index is 378. The van der Waals surface area contributed by atoms with E-state index in [-0.39, 0.29) is 5.92 Å².